The first-order chi connectivity index (χ1) is 18.2. The van der Waals surface area contributed by atoms with Crippen LogP contribution in [0, 0.1) is 11.3 Å². The number of ether oxygens (including phenoxy) is 3. The maximum Gasteiger partial charge on any atom is 0.337 e. The van der Waals surface area contributed by atoms with E-state index in [4.69, 9.17) is 19.9 Å². The molecule has 2 aromatic carbocycles. The monoisotopic (exact) mass is 535 g/mol. The van der Waals surface area contributed by atoms with Crippen LogP contribution in [0.3, 0.4) is 0 Å². The lowest BCUT2D eigenvalue weighted by atomic mass is 9.83. The number of esters is 1. The first kappa shape index (κ1) is 26.4. The standard InChI is InChI=1S/C27H25N3O7S/c1-4-36-19-10-14(6-8-17(19)31)11-21-25(33)30-24(29)16(13-28)22(23(26(30)38-21)27(34)35-3)15-7-9-18(32)20(12-15)37-5-2/h6-12,22,31-32H,4-5,29H2,1-3H3. The molecule has 1 unspecified atom stereocenters. The Kier molecular flexibility index (Phi) is 7.45. The zero-order valence-electron chi connectivity index (χ0n) is 20.8. The molecule has 0 aliphatic carbocycles. The van der Waals surface area contributed by atoms with Crippen molar-refractivity contribution in [1.29, 1.82) is 5.26 Å². The molecule has 38 heavy (non-hydrogen) atoms. The number of hydrogen-bond acceptors (Lipinski definition) is 10. The second kappa shape index (κ2) is 10.7. The molecule has 0 amide bonds. The summed E-state index contributed by atoms with van der Waals surface area (Å²) >= 11 is 1.01. The number of fused-ring (bicyclic) bond motifs is 1. The number of methoxy groups -OCH3 is 1. The average Bonchev–Trinajstić information content (AvgIpc) is 3.22. The van der Waals surface area contributed by atoms with Crippen LogP contribution in [0.15, 0.2) is 46.8 Å². The highest BCUT2D eigenvalue weighted by molar-refractivity contribution is 7.07. The summed E-state index contributed by atoms with van der Waals surface area (Å²) in [5.41, 5.74) is 6.88. The minimum atomic E-state index is -0.976. The summed E-state index contributed by atoms with van der Waals surface area (Å²) < 4.78 is 17.5. The number of allylic oxidation sites excluding steroid dienone is 1. The second-order valence-electron chi connectivity index (χ2n) is 8.13. The zero-order valence-corrected chi connectivity index (χ0v) is 21.7. The number of benzene rings is 2. The van der Waals surface area contributed by atoms with Crippen LogP contribution in [0.25, 0.3) is 17.5 Å². The van der Waals surface area contributed by atoms with Crippen molar-refractivity contribution in [3.05, 3.63) is 72.6 Å². The van der Waals surface area contributed by atoms with Crippen molar-refractivity contribution in [1.82, 2.24) is 4.57 Å². The van der Waals surface area contributed by atoms with Gasteiger partial charge in [-0.1, -0.05) is 12.1 Å². The number of carbonyl (C=O) groups is 1. The fourth-order valence-electron chi connectivity index (χ4n) is 4.21. The molecule has 196 valence electrons. The van der Waals surface area contributed by atoms with Gasteiger partial charge in [0.2, 0.25) is 0 Å². The molecule has 1 aliphatic rings. The van der Waals surface area contributed by atoms with Crippen molar-refractivity contribution in [3.63, 3.8) is 0 Å². The third-order valence-electron chi connectivity index (χ3n) is 5.87. The Morgan fingerprint density at radius 2 is 1.76 bits per heavy atom. The number of phenols is 2. The third-order valence-corrected chi connectivity index (χ3v) is 6.98. The molecule has 1 aromatic heterocycles. The van der Waals surface area contributed by atoms with Crippen LogP contribution in [-0.4, -0.2) is 41.1 Å². The van der Waals surface area contributed by atoms with Gasteiger partial charge in [0.15, 0.2) is 23.0 Å². The second-order valence-corrected chi connectivity index (χ2v) is 9.16. The number of carbonyl (C=O) groups excluding carboxylic acids is 1. The Hall–Kier alpha value is -4.69. The molecule has 0 spiro atoms. The molecule has 11 heteroatoms. The van der Waals surface area contributed by atoms with Gasteiger partial charge in [-0.15, -0.1) is 11.3 Å². The molecule has 0 bridgehead atoms. The molecule has 4 rings (SSSR count). The van der Waals surface area contributed by atoms with E-state index in [1.54, 1.807) is 38.1 Å². The molecule has 1 atom stereocenters. The lowest BCUT2D eigenvalue weighted by Gasteiger charge is -2.24. The highest BCUT2D eigenvalue weighted by Gasteiger charge is 2.36. The van der Waals surface area contributed by atoms with E-state index in [2.05, 4.69) is 0 Å². The number of aromatic nitrogens is 1. The molecular weight excluding hydrogens is 510 g/mol. The quantitative estimate of drug-likeness (QED) is 0.383. The Labute approximate surface area is 221 Å². The van der Waals surface area contributed by atoms with Gasteiger partial charge in [0.25, 0.3) is 5.56 Å². The van der Waals surface area contributed by atoms with Gasteiger partial charge in [-0.2, -0.15) is 5.26 Å². The van der Waals surface area contributed by atoms with Crippen LogP contribution < -0.4 is 30.0 Å². The van der Waals surface area contributed by atoms with E-state index in [9.17, 15) is 25.1 Å². The molecule has 1 aliphatic heterocycles. The highest BCUT2D eigenvalue weighted by atomic mass is 32.1. The zero-order chi connectivity index (χ0) is 27.6. The topological polar surface area (TPSA) is 157 Å². The van der Waals surface area contributed by atoms with E-state index < -0.39 is 17.4 Å². The van der Waals surface area contributed by atoms with Gasteiger partial charge in [-0.05, 0) is 55.3 Å². The third kappa shape index (κ3) is 4.57. The van der Waals surface area contributed by atoms with Gasteiger partial charge in [-0.3, -0.25) is 9.36 Å². The molecule has 0 saturated carbocycles. The Bertz CT molecular complexity index is 1680. The number of rotatable bonds is 7. The maximum atomic E-state index is 13.5. The molecule has 3 aromatic rings. The van der Waals surface area contributed by atoms with Crippen molar-refractivity contribution in [2.45, 2.75) is 19.8 Å². The van der Waals surface area contributed by atoms with Gasteiger partial charge in [0.1, 0.15) is 10.5 Å². The maximum absolute atomic E-state index is 13.5. The molecule has 2 heterocycles. The Morgan fingerprint density at radius 3 is 2.37 bits per heavy atom. The number of thiazole rings is 1. The number of nitrogens with zero attached hydrogens (tertiary/aromatic N) is 2. The normalized spacial score (nSPS) is 15.2. The number of hydrogen-bond donors (Lipinski definition) is 3. The molecule has 10 nitrogen and oxygen atoms in total. The summed E-state index contributed by atoms with van der Waals surface area (Å²) in [7, 11) is 1.21. The predicted molar refractivity (Wildman–Crippen MR) is 141 cm³/mol. The van der Waals surface area contributed by atoms with Gasteiger partial charge in [0, 0.05) is 0 Å². The van der Waals surface area contributed by atoms with E-state index in [-0.39, 0.29) is 55.8 Å². The fourth-order valence-corrected chi connectivity index (χ4v) is 5.38. The smallest absolute Gasteiger partial charge is 0.337 e. The van der Waals surface area contributed by atoms with Crippen LogP contribution in [-0.2, 0) is 9.53 Å². The van der Waals surface area contributed by atoms with E-state index in [0.717, 1.165) is 15.9 Å². The largest absolute Gasteiger partial charge is 0.504 e. The Morgan fingerprint density at radius 1 is 1.13 bits per heavy atom. The van der Waals surface area contributed by atoms with Crippen molar-refractivity contribution in [3.8, 4) is 29.1 Å². The SMILES string of the molecule is CCOc1cc(C=c2sc3n(c2=O)C(N)=C(C#N)C(c2ccc(O)c(OCC)c2)C=3C(=O)OC)ccc1O. The highest BCUT2D eigenvalue weighted by Crippen LogP contribution is 2.40. The van der Waals surface area contributed by atoms with Crippen molar-refractivity contribution >= 4 is 34.8 Å². The first-order valence-electron chi connectivity index (χ1n) is 11.6. The number of phenolic OH excluding ortho intramolecular Hbond substituents is 2. The van der Waals surface area contributed by atoms with Crippen LogP contribution in [0.1, 0.15) is 30.9 Å². The summed E-state index contributed by atoms with van der Waals surface area (Å²) in [5, 5.41) is 30.2. The van der Waals surface area contributed by atoms with Gasteiger partial charge in [0.05, 0.1) is 48.0 Å². The van der Waals surface area contributed by atoms with E-state index in [0.29, 0.717) is 17.7 Å². The van der Waals surface area contributed by atoms with Crippen molar-refractivity contribution in [2.24, 2.45) is 5.73 Å². The van der Waals surface area contributed by atoms with Crippen LogP contribution in [0.2, 0.25) is 0 Å². The molecular formula is C27H25N3O7S. The lowest BCUT2D eigenvalue weighted by molar-refractivity contribution is -0.134. The molecule has 4 N–H and O–H groups in total. The summed E-state index contributed by atoms with van der Waals surface area (Å²) in [6, 6.07) is 11.2. The van der Waals surface area contributed by atoms with E-state index in [1.165, 1.54) is 25.3 Å². The van der Waals surface area contributed by atoms with Crippen molar-refractivity contribution < 1.29 is 29.2 Å². The summed E-state index contributed by atoms with van der Waals surface area (Å²) in [6.45, 7) is 4.16. The Balaban J connectivity index is 2.04. The number of nitriles is 1. The predicted octanol–water partition coefficient (Wildman–Crippen LogP) is 1.72. The lowest BCUT2D eigenvalue weighted by Crippen LogP contribution is -2.40. The van der Waals surface area contributed by atoms with Crippen LogP contribution in [0.5, 0.6) is 23.0 Å². The van der Waals surface area contributed by atoms with E-state index in [1.807, 2.05) is 6.07 Å². The van der Waals surface area contributed by atoms with Gasteiger partial charge < -0.3 is 30.2 Å². The van der Waals surface area contributed by atoms with Crippen molar-refractivity contribution in [2.75, 3.05) is 20.3 Å². The van der Waals surface area contributed by atoms with Crippen LogP contribution >= 0.6 is 11.3 Å². The minimum absolute atomic E-state index is 0.0271. The van der Waals surface area contributed by atoms with Gasteiger partial charge >= 0.3 is 5.97 Å². The van der Waals surface area contributed by atoms with E-state index >= 15 is 0 Å². The molecule has 0 radical (unpaired) electrons. The molecule has 0 fully saturated rings. The first-order valence-corrected chi connectivity index (χ1v) is 12.4. The molecule has 0 saturated heterocycles. The summed E-state index contributed by atoms with van der Waals surface area (Å²) in [5.74, 6) is -1.55. The number of aromatic hydroxyl groups is 2. The van der Waals surface area contributed by atoms with Crippen LogP contribution in [0.4, 0.5) is 0 Å². The fraction of sp³-hybridized carbons (Fsp3) is 0.222. The minimum Gasteiger partial charge on any atom is -0.504 e. The van der Waals surface area contributed by atoms with Gasteiger partial charge in [-0.25, -0.2) is 4.79 Å². The summed E-state index contributed by atoms with van der Waals surface area (Å²) in [6.07, 6.45) is 1.58. The number of nitrogens with two attached hydrogens (primary N) is 1. The average molecular weight is 536 g/mol. The summed E-state index contributed by atoms with van der Waals surface area (Å²) in [4.78, 5) is 26.6.